The lowest BCUT2D eigenvalue weighted by Crippen LogP contribution is -2.47. The van der Waals surface area contributed by atoms with E-state index in [1.54, 1.807) is 0 Å². The third-order valence-electron chi connectivity index (χ3n) is 6.93. The molecule has 0 atom stereocenters. The molecule has 0 radical (unpaired) electrons. The zero-order valence-electron chi connectivity index (χ0n) is 18.6. The number of halogens is 2. The van der Waals surface area contributed by atoms with Crippen molar-refractivity contribution in [3.63, 3.8) is 0 Å². The van der Waals surface area contributed by atoms with Crippen molar-refractivity contribution < 1.29 is 23.4 Å². The van der Waals surface area contributed by atoms with Crippen LogP contribution in [0.2, 0.25) is 0 Å². The lowest BCUT2D eigenvalue weighted by Gasteiger charge is -2.37. The number of hydrogen-bond acceptors (Lipinski definition) is 5. The van der Waals surface area contributed by atoms with Gasteiger partial charge in [0.25, 0.3) is 0 Å². The number of nitrogens with zero attached hydrogens (tertiary/aromatic N) is 3. The van der Waals surface area contributed by atoms with Gasteiger partial charge in [0, 0.05) is 63.2 Å². The van der Waals surface area contributed by atoms with Crippen molar-refractivity contribution in [2.24, 2.45) is 5.92 Å². The summed E-state index contributed by atoms with van der Waals surface area (Å²) in [6.07, 6.45) is 7.67. The summed E-state index contributed by atoms with van der Waals surface area (Å²) in [7, 11) is 0. The molecule has 1 aromatic heterocycles. The van der Waals surface area contributed by atoms with Gasteiger partial charge in [0.1, 0.15) is 11.6 Å². The normalized spacial score (nSPS) is 26.4. The average molecular weight is 453 g/mol. The Morgan fingerprint density at radius 3 is 2.50 bits per heavy atom. The maximum absolute atomic E-state index is 11.1. The number of amides is 1. The maximum Gasteiger partial charge on any atom is 0.404 e. The van der Waals surface area contributed by atoms with Crippen LogP contribution in [0.25, 0.3) is 0 Å². The van der Waals surface area contributed by atoms with Gasteiger partial charge in [-0.25, -0.2) is 18.6 Å². The summed E-state index contributed by atoms with van der Waals surface area (Å²) >= 11 is 0. The first-order valence-electron chi connectivity index (χ1n) is 11.8. The standard InChI is InChI=1S/C20H30N4O3.C3H4F2/c25-20(26)22-16-3-1-15(2-4-16)6-9-23-10-12-24(13-11-23)19-17-7-14-27-18(17)5-8-21-19;4-3(5)1-2-3/h5,8,15-16,22H,1-4,6-7,9-14H2,(H,25,26);1-2H2. The number of alkyl halides is 2. The molecule has 1 aromatic rings. The summed E-state index contributed by atoms with van der Waals surface area (Å²) in [5.41, 5.74) is 1.28. The molecule has 7 nitrogen and oxygen atoms in total. The first-order chi connectivity index (χ1) is 15.4. The number of piperazine rings is 1. The van der Waals surface area contributed by atoms with Crippen molar-refractivity contribution in [1.29, 1.82) is 0 Å². The van der Waals surface area contributed by atoms with Gasteiger partial charge in [0.2, 0.25) is 5.92 Å². The van der Waals surface area contributed by atoms with E-state index in [2.05, 4.69) is 20.1 Å². The van der Waals surface area contributed by atoms with Crippen molar-refractivity contribution in [2.45, 2.75) is 63.3 Å². The lowest BCUT2D eigenvalue weighted by atomic mass is 9.84. The molecule has 2 aliphatic heterocycles. The van der Waals surface area contributed by atoms with E-state index < -0.39 is 12.0 Å². The second-order valence-electron chi connectivity index (χ2n) is 9.35. The van der Waals surface area contributed by atoms with Crippen LogP contribution in [0.3, 0.4) is 0 Å². The van der Waals surface area contributed by atoms with Crippen LogP contribution in [0.1, 0.15) is 50.5 Å². The molecular weight excluding hydrogens is 418 g/mol. The molecule has 0 unspecified atom stereocenters. The van der Waals surface area contributed by atoms with Crippen LogP contribution in [0.5, 0.6) is 5.75 Å². The zero-order chi connectivity index (χ0) is 22.6. The second kappa shape index (κ2) is 10.2. The van der Waals surface area contributed by atoms with Crippen molar-refractivity contribution in [2.75, 3.05) is 44.2 Å². The molecule has 2 aliphatic carbocycles. The van der Waals surface area contributed by atoms with E-state index in [1.807, 2.05) is 12.3 Å². The molecule has 4 aliphatic rings. The number of pyridine rings is 1. The number of nitrogens with one attached hydrogen (secondary N) is 1. The minimum Gasteiger partial charge on any atom is -0.493 e. The molecule has 3 fully saturated rings. The zero-order valence-corrected chi connectivity index (χ0v) is 18.6. The first-order valence-corrected chi connectivity index (χ1v) is 11.8. The van der Waals surface area contributed by atoms with Crippen LogP contribution < -0.4 is 15.0 Å². The van der Waals surface area contributed by atoms with Gasteiger partial charge >= 0.3 is 6.09 Å². The average Bonchev–Trinajstić information content (AvgIpc) is 3.27. The van der Waals surface area contributed by atoms with Gasteiger partial charge < -0.3 is 20.1 Å². The molecule has 0 aromatic carbocycles. The van der Waals surface area contributed by atoms with Gasteiger partial charge in [-0.2, -0.15) is 0 Å². The highest BCUT2D eigenvalue weighted by Crippen LogP contribution is 2.40. The largest absolute Gasteiger partial charge is 0.493 e. The van der Waals surface area contributed by atoms with Gasteiger partial charge in [-0.05, 0) is 50.6 Å². The number of hydrogen-bond donors (Lipinski definition) is 2. The molecular formula is C23H34F2N4O3. The molecule has 3 heterocycles. The first kappa shape index (κ1) is 23.0. The van der Waals surface area contributed by atoms with Gasteiger partial charge in [0.15, 0.2) is 0 Å². The highest BCUT2D eigenvalue weighted by Gasteiger charge is 2.43. The number of fused-ring (bicyclic) bond motifs is 1. The quantitative estimate of drug-likeness (QED) is 0.708. The fourth-order valence-electron chi connectivity index (χ4n) is 4.78. The van der Waals surface area contributed by atoms with E-state index in [4.69, 9.17) is 9.84 Å². The smallest absolute Gasteiger partial charge is 0.404 e. The van der Waals surface area contributed by atoms with E-state index in [1.165, 1.54) is 12.0 Å². The Kier molecular flexibility index (Phi) is 7.33. The monoisotopic (exact) mass is 452 g/mol. The number of aromatic nitrogens is 1. The fraction of sp³-hybridized carbons (Fsp3) is 0.739. The Balaban J connectivity index is 0.000000433. The Morgan fingerprint density at radius 2 is 1.88 bits per heavy atom. The Hall–Kier alpha value is -2.16. The van der Waals surface area contributed by atoms with Crippen molar-refractivity contribution in [3.05, 3.63) is 17.8 Å². The van der Waals surface area contributed by atoms with Crippen LogP contribution in [0.15, 0.2) is 12.3 Å². The topological polar surface area (TPSA) is 77.9 Å². The third-order valence-corrected chi connectivity index (χ3v) is 6.93. The summed E-state index contributed by atoms with van der Waals surface area (Å²) in [5.74, 6) is 0.621. The molecule has 9 heteroatoms. The number of rotatable bonds is 5. The highest BCUT2D eigenvalue weighted by atomic mass is 19.3. The molecule has 2 N–H and O–H groups in total. The summed E-state index contributed by atoms with van der Waals surface area (Å²) in [4.78, 5) is 20.3. The summed E-state index contributed by atoms with van der Waals surface area (Å²) in [6.45, 7) is 6.15. The molecule has 2 saturated carbocycles. The summed E-state index contributed by atoms with van der Waals surface area (Å²) in [6, 6.07) is 2.13. The van der Waals surface area contributed by atoms with Crippen LogP contribution >= 0.6 is 0 Å². The number of carbonyl (C=O) groups is 1. The number of ether oxygens (including phenoxy) is 1. The minimum absolute atomic E-state index is 0.118. The number of carboxylic acid groups (broad SMARTS) is 1. The number of anilines is 1. The molecule has 1 saturated heterocycles. The Morgan fingerprint density at radius 1 is 1.19 bits per heavy atom. The van der Waals surface area contributed by atoms with E-state index in [0.29, 0.717) is 0 Å². The molecule has 0 bridgehead atoms. The summed E-state index contributed by atoms with van der Waals surface area (Å²) < 4.78 is 27.9. The molecule has 32 heavy (non-hydrogen) atoms. The van der Waals surface area contributed by atoms with Gasteiger partial charge in [0.05, 0.1) is 6.61 Å². The molecule has 1 amide bonds. The van der Waals surface area contributed by atoms with E-state index in [0.717, 1.165) is 88.9 Å². The van der Waals surface area contributed by atoms with Crippen LogP contribution in [-0.2, 0) is 6.42 Å². The van der Waals surface area contributed by atoms with Crippen molar-refractivity contribution in [3.8, 4) is 5.75 Å². The van der Waals surface area contributed by atoms with Crippen LogP contribution in [-0.4, -0.2) is 72.4 Å². The van der Waals surface area contributed by atoms with Gasteiger partial charge in [-0.1, -0.05) is 0 Å². The predicted octanol–water partition coefficient (Wildman–Crippen LogP) is 3.77. The predicted molar refractivity (Wildman–Crippen MR) is 118 cm³/mol. The molecule has 178 valence electrons. The molecule has 0 spiro atoms. The minimum atomic E-state index is -2.25. The van der Waals surface area contributed by atoms with E-state index >= 15 is 0 Å². The third kappa shape index (κ3) is 6.43. The Labute approximate surface area is 188 Å². The van der Waals surface area contributed by atoms with Crippen molar-refractivity contribution in [1.82, 2.24) is 15.2 Å². The fourth-order valence-corrected chi connectivity index (χ4v) is 4.78. The van der Waals surface area contributed by atoms with Gasteiger partial charge in [-0.15, -0.1) is 0 Å². The Bertz CT molecular complexity index is 773. The van der Waals surface area contributed by atoms with Crippen LogP contribution in [0.4, 0.5) is 19.4 Å². The van der Waals surface area contributed by atoms with Crippen molar-refractivity contribution >= 4 is 11.9 Å². The SMILES string of the molecule is FC1(F)CC1.O=C(O)NC1CCC(CCN2CCN(c3nccc4c3CCO4)CC2)CC1. The molecule has 5 rings (SSSR count). The second-order valence-corrected chi connectivity index (χ2v) is 9.35. The van der Waals surface area contributed by atoms with E-state index in [-0.39, 0.29) is 18.9 Å². The maximum atomic E-state index is 11.1. The lowest BCUT2D eigenvalue weighted by molar-refractivity contribution is 0.120. The highest BCUT2D eigenvalue weighted by molar-refractivity contribution is 5.64. The van der Waals surface area contributed by atoms with Gasteiger partial charge in [-0.3, -0.25) is 4.90 Å². The van der Waals surface area contributed by atoms with Crippen LogP contribution in [0, 0.1) is 5.92 Å². The van der Waals surface area contributed by atoms with E-state index in [9.17, 15) is 13.6 Å². The summed E-state index contributed by atoms with van der Waals surface area (Å²) in [5, 5.41) is 11.5.